The average Bonchev–Trinajstić information content (AvgIpc) is 3.09. The van der Waals surface area contributed by atoms with Gasteiger partial charge in [-0.25, -0.2) is 0 Å². The average molecular weight is 482 g/mol. The van der Waals surface area contributed by atoms with E-state index in [1.54, 1.807) is 25.2 Å². The molecule has 0 bridgehead atoms. The highest BCUT2D eigenvalue weighted by Gasteiger charge is 2.28. The molecular weight excluding hydrogens is 460 g/mol. The van der Waals surface area contributed by atoms with E-state index in [2.05, 4.69) is 15.6 Å². The molecule has 1 aromatic carbocycles. The molecule has 5 nitrogen and oxygen atoms in total. The van der Waals surface area contributed by atoms with Gasteiger partial charge in [-0.15, -0.1) is 24.0 Å². The van der Waals surface area contributed by atoms with E-state index in [1.807, 2.05) is 29.1 Å². The third-order valence-electron chi connectivity index (χ3n) is 3.36. The molecule has 0 saturated heterocycles. The smallest absolute Gasteiger partial charge is 0.422 e. The van der Waals surface area contributed by atoms with Crippen molar-refractivity contribution in [3.05, 3.63) is 54.4 Å². The van der Waals surface area contributed by atoms with E-state index in [4.69, 9.17) is 4.74 Å². The molecule has 0 aliphatic heterocycles. The van der Waals surface area contributed by atoms with Crippen LogP contribution in [0.2, 0.25) is 0 Å². The molecule has 2 aromatic rings. The third kappa shape index (κ3) is 7.98. The number of guanidine groups is 1. The fourth-order valence-corrected chi connectivity index (χ4v) is 2.17. The molecule has 0 aliphatic carbocycles. The van der Waals surface area contributed by atoms with Crippen LogP contribution in [-0.2, 0) is 13.1 Å². The normalized spacial score (nSPS) is 11.6. The Morgan fingerprint density at radius 3 is 2.46 bits per heavy atom. The van der Waals surface area contributed by atoms with Crippen molar-refractivity contribution in [2.45, 2.75) is 19.3 Å². The molecule has 0 spiro atoms. The van der Waals surface area contributed by atoms with Crippen LogP contribution in [0.5, 0.6) is 5.75 Å². The topological polar surface area (TPSA) is 50.6 Å². The molecule has 0 atom stereocenters. The van der Waals surface area contributed by atoms with E-state index in [9.17, 15) is 13.2 Å². The molecule has 0 saturated carbocycles. The monoisotopic (exact) mass is 482 g/mol. The van der Waals surface area contributed by atoms with Crippen molar-refractivity contribution in [1.82, 2.24) is 15.2 Å². The third-order valence-corrected chi connectivity index (χ3v) is 3.36. The Balaban J connectivity index is 0.00000338. The van der Waals surface area contributed by atoms with Crippen molar-refractivity contribution in [3.8, 4) is 5.75 Å². The van der Waals surface area contributed by atoms with E-state index in [-0.39, 0.29) is 29.7 Å². The van der Waals surface area contributed by atoms with Crippen molar-refractivity contribution in [1.29, 1.82) is 0 Å². The molecule has 1 heterocycles. The van der Waals surface area contributed by atoms with Gasteiger partial charge in [-0.3, -0.25) is 4.99 Å². The SMILES string of the molecule is CN=C(NCCn1cccc1)NCc1ccccc1OCC(F)(F)F.I. The van der Waals surface area contributed by atoms with Crippen molar-refractivity contribution < 1.29 is 17.9 Å². The van der Waals surface area contributed by atoms with Crippen LogP contribution < -0.4 is 15.4 Å². The van der Waals surface area contributed by atoms with Crippen LogP contribution in [0.3, 0.4) is 0 Å². The summed E-state index contributed by atoms with van der Waals surface area (Å²) < 4.78 is 43.9. The number of aliphatic imine (C=N–C) groups is 1. The Morgan fingerprint density at radius 1 is 1.12 bits per heavy atom. The minimum Gasteiger partial charge on any atom is -0.484 e. The summed E-state index contributed by atoms with van der Waals surface area (Å²) in [6, 6.07) is 10.5. The number of rotatable bonds is 7. The number of alkyl halides is 3. The van der Waals surface area contributed by atoms with Crippen LogP contribution in [0.4, 0.5) is 13.2 Å². The summed E-state index contributed by atoms with van der Waals surface area (Å²) in [5.74, 6) is 0.771. The maximum atomic E-state index is 12.3. The lowest BCUT2D eigenvalue weighted by Gasteiger charge is -2.15. The van der Waals surface area contributed by atoms with Gasteiger partial charge < -0.3 is 19.9 Å². The highest BCUT2D eigenvalue weighted by molar-refractivity contribution is 14.0. The van der Waals surface area contributed by atoms with Gasteiger partial charge in [0.05, 0.1) is 0 Å². The Bertz CT molecular complexity index is 675. The maximum Gasteiger partial charge on any atom is 0.422 e. The second kappa shape index (κ2) is 10.9. The zero-order valence-electron chi connectivity index (χ0n) is 14.3. The van der Waals surface area contributed by atoms with Crippen LogP contribution in [0.25, 0.3) is 0 Å². The van der Waals surface area contributed by atoms with Gasteiger partial charge in [0.1, 0.15) is 5.75 Å². The molecule has 26 heavy (non-hydrogen) atoms. The van der Waals surface area contributed by atoms with Gasteiger partial charge >= 0.3 is 6.18 Å². The zero-order valence-corrected chi connectivity index (χ0v) is 16.6. The van der Waals surface area contributed by atoms with Crippen LogP contribution in [0.15, 0.2) is 53.8 Å². The first kappa shape index (κ1) is 22.1. The summed E-state index contributed by atoms with van der Waals surface area (Å²) >= 11 is 0. The van der Waals surface area contributed by atoms with Crippen LogP contribution in [0, 0.1) is 0 Å². The van der Waals surface area contributed by atoms with Gasteiger partial charge in [0.25, 0.3) is 0 Å². The number of para-hydroxylation sites is 1. The fraction of sp³-hybridized carbons (Fsp3) is 0.353. The molecule has 0 aliphatic rings. The highest BCUT2D eigenvalue weighted by atomic mass is 127. The summed E-state index contributed by atoms with van der Waals surface area (Å²) in [6.45, 7) is 0.435. The number of aromatic nitrogens is 1. The van der Waals surface area contributed by atoms with Gasteiger partial charge in [-0.1, -0.05) is 18.2 Å². The number of nitrogens with one attached hydrogen (secondary N) is 2. The molecule has 1 aromatic heterocycles. The van der Waals surface area contributed by atoms with E-state index in [0.29, 0.717) is 24.6 Å². The Labute approximate surface area is 167 Å². The second-order valence-corrected chi connectivity index (χ2v) is 5.28. The first-order chi connectivity index (χ1) is 12.0. The zero-order chi connectivity index (χ0) is 18.1. The molecule has 2 rings (SSSR count). The van der Waals surface area contributed by atoms with Gasteiger partial charge in [-0.05, 0) is 18.2 Å². The summed E-state index contributed by atoms with van der Waals surface area (Å²) in [7, 11) is 1.64. The quantitative estimate of drug-likeness (QED) is 0.362. The summed E-state index contributed by atoms with van der Waals surface area (Å²) in [4.78, 5) is 4.10. The molecule has 144 valence electrons. The van der Waals surface area contributed by atoms with Crippen molar-refractivity contribution in [2.75, 3.05) is 20.2 Å². The largest absolute Gasteiger partial charge is 0.484 e. The Hall–Kier alpha value is -1.91. The molecule has 0 fully saturated rings. The van der Waals surface area contributed by atoms with Crippen LogP contribution in [0.1, 0.15) is 5.56 Å². The van der Waals surface area contributed by atoms with Crippen molar-refractivity contribution >= 4 is 29.9 Å². The number of benzene rings is 1. The summed E-state index contributed by atoms with van der Waals surface area (Å²) in [5.41, 5.74) is 0.625. The van der Waals surface area contributed by atoms with Crippen molar-refractivity contribution in [2.24, 2.45) is 4.99 Å². The van der Waals surface area contributed by atoms with Crippen LogP contribution in [-0.4, -0.2) is 36.9 Å². The second-order valence-electron chi connectivity index (χ2n) is 5.28. The predicted molar refractivity (Wildman–Crippen MR) is 106 cm³/mol. The fourth-order valence-electron chi connectivity index (χ4n) is 2.17. The first-order valence-corrected chi connectivity index (χ1v) is 7.80. The Kier molecular flexibility index (Phi) is 9.31. The van der Waals surface area contributed by atoms with Crippen LogP contribution >= 0.6 is 24.0 Å². The minimum atomic E-state index is -4.36. The number of ether oxygens (including phenoxy) is 1. The molecular formula is C17H22F3IN4O. The molecule has 2 N–H and O–H groups in total. The molecule has 0 radical (unpaired) electrons. The number of halogens is 4. The van der Waals surface area contributed by atoms with E-state index in [0.717, 1.165) is 6.54 Å². The standard InChI is InChI=1S/C17H21F3N4O.HI/c1-21-16(22-8-11-24-9-4-5-10-24)23-12-14-6-2-3-7-15(14)25-13-17(18,19)20;/h2-7,9-10H,8,11-13H2,1H3,(H2,21,22,23);1H. The van der Waals surface area contributed by atoms with Gasteiger partial charge in [-0.2, -0.15) is 13.2 Å². The molecule has 0 amide bonds. The number of nitrogens with zero attached hydrogens (tertiary/aromatic N) is 2. The van der Waals surface area contributed by atoms with E-state index in [1.165, 1.54) is 6.07 Å². The van der Waals surface area contributed by atoms with E-state index < -0.39 is 12.8 Å². The molecule has 9 heteroatoms. The Morgan fingerprint density at radius 2 is 1.81 bits per heavy atom. The summed E-state index contributed by atoms with van der Waals surface area (Å²) in [6.07, 6.45) is -0.436. The predicted octanol–water partition coefficient (Wildman–Crippen LogP) is 3.41. The van der Waals surface area contributed by atoms with E-state index >= 15 is 0 Å². The van der Waals surface area contributed by atoms with Gasteiger partial charge in [0.2, 0.25) is 0 Å². The minimum absolute atomic E-state index is 0. The van der Waals surface area contributed by atoms with Gasteiger partial charge in [0.15, 0.2) is 12.6 Å². The van der Waals surface area contributed by atoms with Gasteiger partial charge in [0, 0.05) is 44.6 Å². The lowest BCUT2D eigenvalue weighted by atomic mass is 10.2. The maximum absolute atomic E-state index is 12.3. The summed E-state index contributed by atoms with van der Waals surface area (Å²) in [5, 5.41) is 6.22. The first-order valence-electron chi connectivity index (χ1n) is 7.80. The highest BCUT2D eigenvalue weighted by Crippen LogP contribution is 2.21. The lowest BCUT2D eigenvalue weighted by molar-refractivity contribution is -0.153. The van der Waals surface area contributed by atoms with Crippen molar-refractivity contribution in [3.63, 3.8) is 0 Å². The number of hydrogen-bond donors (Lipinski definition) is 2. The molecule has 0 unspecified atom stereocenters. The lowest BCUT2D eigenvalue weighted by Crippen LogP contribution is -2.38. The number of hydrogen-bond acceptors (Lipinski definition) is 2.